The van der Waals surface area contributed by atoms with Crippen LogP contribution in [-0.2, 0) is 0 Å². The van der Waals surface area contributed by atoms with Gasteiger partial charge in [0.1, 0.15) is 0 Å². The molecule has 2 aromatic carbocycles. The van der Waals surface area contributed by atoms with Crippen molar-refractivity contribution in [3.8, 4) is 0 Å². The highest BCUT2D eigenvalue weighted by atomic mass is 16.2. The van der Waals surface area contributed by atoms with E-state index < -0.39 is 22.2 Å². The van der Waals surface area contributed by atoms with Crippen LogP contribution in [0.5, 0.6) is 0 Å². The van der Waals surface area contributed by atoms with Crippen molar-refractivity contribution in [3.63, 3.8) is 0 Å². The Bertz CT molecular complexity index is 1210. The van der Waals surface area contributed by atoms with Crippen LogP contribution in [0.4, 0.5) is 0 Å². The average molecular weight is 294 g/mol. The van der Waals surface area contributed by atoms with Gasteiger partial charge in [0.05, 0.1) is 21.5 Å². The van der Waals surface area contributed by atoms with Gasteiger partial charge in [-0.05, 0) is 47.9 Å². The Morgan fingerprint density at radius 2 is 0.909 bits per heavy atom. The van der Waals surface area contributed by atoms with Gasteiger partial charge in [0, 0.05) is 0 Å². The van der Waals surface area contributed by atoms with Gasteiger partial charge in [-0.25, -0.2) is 0 Å². The van der Waals surface area contributed by atoms with Crippen molar-refractivity contribution in [1.82, 2.24) is 9.97 Å². The molecular formula is C16H10N2O4. The molecule has 108 valence electrons. The first-order chi connectivity index (χ1) is 10.4. The van der Waals surface area contributed by atoms with Gasteiger partial charge in [0.15, 0.2) is 0 Å². The Labute approximate surface area is 121 Å². The molecular weight excluding hydrogens is 284 g/mol. The molecule has 22 heavy (non-hydrogen) atoms. The lowest BCUT2D eigenvalue weighted by Gasteiger charge is -2.05. The standard InChI is InChI=1S/C16H10N2O4/c1-5-3-7-8(11-9(5)13(19)17-15(11)21)4-6(2)10-12(7)16(22)18-14(10)20/h3-4H,1-2H3,(H,17,19,21)(H,18,20,22). The molecule has 0 fully saturated rings. The maximum atomic E-state index is 12.1. The van der Waals surface area contributed by atoms with E-state index in [1.807, 2.05) is 0 Å². The van der Waals surface area contributed by atoms with E-state index >= 15 is 0 Å². The van der Waals surface area contributed by atoms with Crippen LogP contribution < -0.4 is 22.2 Å². The van der Waals surface area contributed by atoms with E-state index in [2.05, 4.69) is 9.97 Å². The molecule has 2 aromatic heterocycles. The number of hydrogen-bond donors (Lipinski definition) is 2. The molecule has 0 aliphatic heterocycles. The third kappa shape index (κ3) is 1.34. The third-order valence-corrected chi connectivity index (χ3v) is 4.20. The van der Waals surface area contributed by atoms with Crippen molar-refractivity contribution in [2.45, 2.75) is 13.8 Å². The molecule has 0 atom stereocenters. The number of H-pyrrole nitrogens is 2. The van der Waals surface area contributed by atoms with E-state index in [1.165, 1.54) is 0 Å². The lowest BCUT2D eigenvalue weighted by atomic mass is 9.95. The van der Waals surface area contributed by atoms with Gasteiger partial charge in [0.25, 0.3) is 22.2 Å². The number of rotatable bonds is 0. The van der Waals surface area contributed by atoms with Crippen molar-refractivity contribution in [2.75, 3.05) is 0 Å². The van der Waals surface area contributed by atoms with E-state index in [1.54, 1.807) is 26.0 Å². The van der Waals surface area contributed by atoms with E-state index in [4.69, 9.17) is 0 Å². The lowest BCUT2D eigenvalue weighted by Crippen LogP contribution is -2.06. The zero-order valence-corrected chi connectivity index (χ0v) is 11.8. The summed E-state index contributed by atoms with van der Waals surface area (Å²) < 4.78 is 0. The van der Waals surface area contributed by atoms with Crippen LogP contribution >= 0.6 is 0 Å². The Kier molecular flexibility index (Phi) is 2.19. The van der Waals surface area contributed by atoms with Crippen LogP contribution in [0.1, 0.15) is 11.1 Å². The van der Waals surface area contributed by atoms with Crippen molar-refractivity contribution in [2.24, 2.45) is 0 Å². The maximum absolute atomic E-state index is 12.1. The highest BCUT2D eigenvalue weighted by Gasteiger charge is 2.18. The van der Waals surface area contributed by atoms with Gasteiger partial charge >= 0.3 is 0 Å². The fourth-order valence-electron chi connectivity index (χ4n) is 3.32. The number of benzene rings is 2. The number of hydrogen-bond acceptors (Lipinski definition) is 4. The molecule has 2 N–H and O–H groups in total. The van der Waals surface area contributed by atoms with Crippen LogP contribution in [0.3, 0.4) is 0 Å². The van der Waals surface area contributed by atoms with E-state index in [-0.39, 0.29) is 10.8 Å². The molecule has 0 spiro atoms. The Morgan fingerprint density at radius 1 is 0.591 bits per heavy atom. The molecule has 0 unspecified atom stereocenters. The second-order valence-electron chi connectivity index (χ2n) is 5.55. The first kappa shape index (κ1) is 12.7. The highest BCUT2D eigenvalue weighted by molar-refractivity contribution is 6.18. The lowest BCUT2D eigenvalue weighted by molar-refractivity contribution is 1.26. The average Bonchev–Trinajstić information content (AvgIpc) is 2.90. The molecule has 6 heteroatoms. The third-order valence-electron chi connectivity index (χ3n) is 4.20. The number of nitrogens with one attached hydrogen (secondary N) is 2. The van der Waals surface area contributed by atoms with E-state index in [0.717, 1.165) is 0 Å². The van der Waals surface area contributed by atoms with Gasteiger partial charge in [-0.3, -0.25) is 29.1 Å². The topological polar surface area (TPSA) is 99.9 Å². The van der Waals surface area contributed by atoms with Crippen molar-refractivity contribution >= 4 is 32.3 Å². The molecule has 0 aliphatic carbocycles. The summed E-state index contributed by atoms with van der Waals surface area (Å²) >= 11 is 0. The number of aromatic nitrogens is 2. The maximum Gasteiger partial charge on any atom is 0.259 e. The Hall–Kier alpha value is -3.02. The molecule has 4 aromatic rings. The number of aryl methyl sites for hydroxylation is 2. The molecule has 6 nitrogen and oxygen atoms in total. The summed E-state index contributed by atoms with van der Waals surface area (Å²) in [6.07, 6.45) is 0. The van der Waals surface area contributed by atoms with Gasteiger partial charge in [-0.2, -0.15) is 0 Å². The van der Waals surface area contributed by atoms with Crippen molar-refractivity contribution in [1.29, 1.82) is 0 Å². The predicted molar refractivity (Wildman–Crippen MR) is 84.6 cm³/mol. The summed E-state index contributed by atoms with van der Waals surface area (Å²) in [5, 5.41) is 2.26. The zero-order chi connectivity index (χ0) is 15.8. The fourth-order valence-corrected chi connectivity index (χ4v) is 3.32. The summed E-state index contributed by atoms with van der Waals surface area (Å²) in [4.78, 5) is 52.6. The minimum absolute atomic E-state index is 0.276. The molecule has 0 bridgehead atoms. The summed E-state index contributed by atoms with van der Waals surface area (Å²) in [5.74, 6) is 0. The normalized spacial score (nSPS) is 11.9. The molecule has 0 aliphatic rings. The van der Waals surface area contributed by atoms with Crippen LogP contribution in [0.2, 0.25) is 0 Å². The molecule has 4 rings (SSSR count). The van der Waals surface area contributed by atoms with Gasteiger partial charge in [0.2, 0.25) is 0 Å². The van der Waals surface area contributed by atoms with Crippen LogP contribution in [0.15, 0.2) is 31.3 Å². The fraction of sp³-hybridized carbons (Fsp3) is 0.125. The van der Waals surface area contributed by atoms with Gasteiger partial charge in [-0.15, -0.1) is 0 Å². The Balaban J connectivity index is 2.53. The largest absolute Gasteiger partial charge is 0.288 e. The smallest absolute Gasteiger partial charge is 0.259 e. The second-order valence-corrected chi connectivity index (χ2v) is 5.55. The zero-order valence-electron chi connectivity index (χ0n) is 11.8. The van der Waals surface area contributed by atoms with Gasteiger partial charge < -0.3 is 0 Å². The summed E-state index contributed by atoms with van der Waals surface area (Å²) in [6, 6.07) is 3.37. The summed E-state index contributed by atoms with van der Waals surface area (Å²) in [6.45, 7) is 3.41. The number of fused-ring (bicyclic) bond motifs is 5. The summed E-state index contributed by atoms with van der Waals surface area (Å²) in [5.41, 5.74) is -0.611. The van der Waals surface area contributed by atoms with Crippen LogP contribution in [0.25, 0.3) is 32.3 Å². The first-order valence-electron chi connectivity index (χ1n) is 6.72. The van der Waals surface area contributed by atoms with Crippen LogP contribution in [-0.4, -0.2) is 9.97 Å². The predicted octanol–water partition coefficient (Wildman–Crippen LogP) is 0.736. The number of aromatic amines is 2. The first-order valence-corrected chi connectivity index (χ1v) is 6.72. The minimum Gasteiger partial charge on any atom is -0.288 e. The molecule has 0 radical (unpaired) electrons. The summed E-state index contributed by atoms with van der Waals surface area (Å²) in [7, 11) is 0. The highest BCUT2D eigenvalue weighted by Crippen LogP contribution is 2.30. The molecule has 0 amide bonds. The molecule has 2 heterocycles. The molecule has 0 saturated carbocycles. The van der Waals surface area contributed by atoms with E-state index in [0.29, 0.717) is 32.7 Å². The Morgan fingerprint density at radius 3 is 1.27 bits per heavy atom. The monoisotopic (exact) mass is 294 g/mol. The quantitative estimate of drug-likeness (QED) is 0.499. The van der Waals surface area contributed by atoms with Crippen molar-refractivity contribution < 1.29 is 0 Å². The SMILES string of the molecule is Cc1cc2c(cc(C)c3c(=O)[nH]c(=O)c32)c2c(=O)[nH]c(=O)c12. The minimum atomic E-state index is -0.474. The van der Waals surface area contributed by atoms with Gasteiger partial charge in [-0.1, -0.05) is 0 Å². The van der Waals surface area contributed by atoms with Crippen LogP contribution in [0, 0.1) is 13.8 Å². The van der Waals surface area contributed by atoms with Crippen molar-refractivity contribution in [3.05, 3.63) is 64.7 Å². The molecule has 0 saturated heterocycles. The second kappa shape index (κ2) is 3.79. The van der Waals surface area contributed by atoms with E-state index in [9.17, 15) is 19.2 Å².